The van der Waals surface area contributed by atoms with Crippen molar-refractivity contribution in [1.82, 2.24) is 4.90 Å². The van der Waals surface area contributed by atoms with Gasteiger partial charge in [-0.15, -0.1) is 0 Å². The van der Waals surface area contributed by atoms with E-state index < -0.39 is 0 Å². The molecule has 0 bridgehead atoms. The molecule has 1 saturated carbocycles. The van der Waals surface area contributed by atoms with E-state index in [1.165, 1.54) is 18.4 Å². The first-order valence-corrected chi connectivity index (χ1v) is 6.63. The summed E-state index contributed by atoms with van der Waals surface area (Å²) in [5.74, 6) is 1.36. The number of carbonyl (C=O) groups is 1. The summed E-state index contributed by atoms with van der Waals surface area (Å²) >= 11 is 0. The lowest BCUT2D eigenvalue weighted by molar-refractivity contribution is -0.132. The molecule has 3 rings (SSSR count). The van der Waals surface area contributed by atoms with E-state index in [0.717, 1.165) is 13.0 Å². The van der Waals surface area contributed by atoms with Crippen LogP contribution >= 0.6 is 0 Å². The van der Waals surface area contributed by atoms with Crippen LogP contribution in [0.1, 0.15) is 37.8 Å². The van der Waals surface area contributed by atoms with Crippen molar-refractivity contribution in [1.29, 1.82) is 0 Å². The molecule has 3 atom stereocenters. The largest absolute Gasteiger partial charge is 0.335 e. The molecule has 1 aliphatic carbocycles. The second-order valence-corrected chi connectivity index (χ2v) is 5.37. The Balaban J connectivity index is 1.80. The number of hydrogen-bond acceptors (Lipinski definition) is 1. The van der Waals surface area contributed by atoms with Gasteiger partial charge in [-0.1, -0.05) is 36.8 Å². The number of amides is 1. The van der Waals surface area contributed by atoms with Crippen LogP contribution in [0, 0.1) is 11.8 Å². The van der Waals surface area contributed by atoms with Crippen molar-refractivity contribution in [2.45, 2.75) is 32.2 Å². The first-order chi connectivity index (χ1) is 8.27. The molecule has 1 aliphatic heterocycles. The second kappa shape index (κ2) is 4.17. The van der Waals surface area contributed by atoms with Gasteiger partial charge in [0.25, 0.3) is 0 Å². The topological polar surface area (TPSA) is 20.3 Å². The summed E-state index contributed by atoms with van der Waals surface area (Å²) in [6.07, 6.45) is 3.60. The molecular formula is C15H19NO. The highest BCUT2D eigenvalue weighted by Crippen LogP contribution is 2.41. The number of rotatable bonds is 2. The van der Waals surface area contributed by atoms with Gasteiger partial charge in [0.15, 0.2) is 0 Å². The predicted molar refractivity (Wildman–Crippen MR) is 67.4 cm³/mol. The summed E-state index contributed by atoms with van der Waals surface area (Å²) in [6, 6.07) is 10.6. The minimum atomic E-state index is 0.231. The van der Waals surface area contributed by atoms with Crippen LogP contribution in [0.5, 0.6) is 0 Å². The monoisotopic (exact) mass is 229 g/mol. The quantitative estimate of drug-likeness (QED) is 0.763. The molecule has 1 saturated heterocycles. The maximum atomic E-state index is 12.3. The van der Waals surface area contributed by atoms with Crippen molar-refractivity contribution in [3.8, 4) is 0 Å². The first kappa shape index (κ1) is 10.8. The molecule has 0 spiro atoms. The predicted octanol–water partition coefficient (Wildman–Crippen LogP) is 3.01. The second-order valence-electron chi connectivity index (χ2n) is 5.37. The van der Waals surface area contributed by atoms with E-state index in [0.29, 0.717) is 17.7 Å². The molecule has 0 radical (unpaired) electrons. The molecule has 17 heavy (non-hydrogen) atoms. The molecule has 2 heteroatoms. The smallest absolute Gasteiger partial charge is 0.226 e. The van der Waals surface area contributed by atoms with Gasteiger partial charge < -0.3 is 4.90 Å². The SMILES string of the molecule is CC(c1ccccc1)N1CC2CCCC2C1=O. The zero-order valence-electron chi connectivity index (χ0n) is 10.3. The first-order valence-electron chi connectivity index (χ1n) is 6.63. The average Bonchev–Trinajstić information content (AvgIpc) is 2.93. The molecule has 0 aromatic heterocycles. The van der Waals surface area contributed by atoms with Crippen molar-refractivity contribution in [3.63, 3.8) is 0 Å². The third kappa shape index (κ3) is 1.76. The lowest BCUT2D eigenvalue weighted by Crippen LogP contribution is -2.30. The minimum Gasteiger partial charge on any atom is -0.335 e. The molecule has 0 N–H and O–H groups in total. The van der Waals surface area contributed by atoms with Gasteiger partial charge in [0.2, 0.25) is 5.91 Å². The van der Waals surface area contributed by atoms with Gasteiger partial charge in [-0.25, -0.2) is 0 Å². The number of carbonyl (C=O) groups excluding carboxylic acids is 1. The maximum Gasteiger partial charge on any atom is 0.226 e. The normalized spacial score (nSPS) is 29.5. The van der Waals surface area contributed by atoms with Crippen molar-refractivity contribution < 1.29 is 4.79 Å². The fraction of sp³-hybridized carbons (Fsp3) is 0.533. The van der Waals surface area contributed by atoms with Crippen LogP contribution in [0.15, 0.2) is 30.3 Å². The van der Waals surface area contributed by atoms with E-state index in [-0.39, 0.29) is 6.04 Å². The number of nitrogens with zero attached hydrogens (tertiary/aromatic N) is 1. The van der Waals surface area contributed by atoms with Crippen LogP contribution in [0.4, 0.5) is 0 Å². The Kier molecular flexibility index (Phi) is 2.65. The lowest BCUT2D eigenvalue weighted by Gasteiger charge is -2.26. The van der Waals surface area contributed by atoms with E-state index in [1.54, 1.807) is 0 Å². The number of hydrogen-bond donors (Lipinski definition) is 0. The fourth-order valence-corrected chi connectivity index (χ4v) is 3.40. The number of likely N-dealkylation sites (tertiary alicyclic amines) is 1. The molecule has 2 fully saturated rings. The van der Waals surface area contributed by atoms with Crippen molar-refractivity contribution in [2.24, 2.45) is 11.8 Å². The van der Waals surface area contributed by atoms with Crippen LogP contribution in [-0.2, 0) is 4.79 Å². The number of fused-ring (bicyclic) bond motifs is 1. The van der Waals surface area contributed by atoms with Gasteiger partial charge in [-0.2, -0.15) is 0 Å². The van der Waals surface area contributed by atoms with Gasteiger partial charge in [0, 0.05) is 12.5 Å². The van der Waals surface area contributed by atoms with Crippen LogP contribution in [0.3, 0.4) is 0 Å². The highest BCUT2D eigenvalue weighted by atomic mass is 16.2. The van der Waals surface area contributed by atoms with Crippen LogP contribution in [0.2, 0.25) is 0 Å². The van der Waals surface area contributed by atoms with Gasteiger partial charge in [-0.05, 0) is 31.2 Å². The molecule has 2 aliphatic rings. The summed E-state index contributed by atoms with van der Waals surface area (Å²) in [6.45, 7) is 3.12. The Labute approximate surface area is 103 Å². The molecule has 1 aromatic rings. The third-order valence-electron chi connectivity index (χ3n) is 4.44. The van der Waals surface area contributed by atoms with E-state index in [1.807, 2.05) is 18.2 Å². The molecule has 1 heterocycles. The van der Waals surface area contributed by atoms with Crippen LogP contribution in [0.25, 0.3) is 0 Å². The van der Waals surface area contributed by atoms with Gasteiger partial charge >= 0.3 is 0 Å². The maximum absolute atomic E-state index is 12.3. The third-order valence-corrected chi connectivity index (χ3v) is 4.44. The zero-order chi connectivity index (χ0) is 11.8. The van der Waals surface area contributed by atoms with Gasteiger partial charge in [0.05, 0.1) is 6.04 Å². The highest BCUT2D eigenvalue weighted by molar-refractivity contribution is 5.82. The lowest BCUT2D eigenvalue weighted by atomic mass is 10.0. The average molecular weight is 229 g/mol. The van der Waals surface area contributed by atoms with Gasteiger partial charge in [0.1, 0.15) is 0 Å². The Morgan fingerprint density at radius 1 is 1.24 bits per heavy atom. The summed E-state index contributed by atoms with van der Waals surface area (Å²) < 4.78 is 0. The summed E-state index contributed by atoms with van der Waals surface area (Å²) in [5, 5.41) is 0. The standard InChI is InChI=1S/C15H19NO/c1-11(12-6-3-2-4-7-12)16-10-13-8-5-9-14(13)15(16)17/h2-4,6-7,11,13-14H,5,8-10H2,1H3. The molecular weight excluding hydrogens is 210 g/mol. The zero-order valence-corrected chi connectivity index (χ0v) is 10.3. The van der Waals surface area contributed by atoms with E-state index in [2.05, 4.69) is 24.0 Å². The molecule has 90 valence electrons. The highest BCUT2D eigenvalue weighted by Gasteiger charge is 2.44. The Morgan fingerprint density at radius 2 is 2.00 bits per heavy atom. The van der Waals surface area contributed by atoms with E-state index >= 15 is 0 Å². The van der Waals surface area contributed by atoms with E-state index in [4.69, 9.17) is 0 Å². The molecule has 1 aromatic carbocycles. The van der Waals surface area contributed by atoms with E-state index in [9.17, 15) is 4.79 Å². The van der Waals surface area contributed by atoms with Crippen molar-refractivity contribution in [2.75, 3.05) is 6.54 Å². The summed E-state index contributed by atoms with van der Waals surface area (Å²) in [7, 11) is 0. The molecule has 1 amide bonds. The summed E-state index contributed by atoms with van der Waals surface area (Å²) in [4.78, 5) is 14.4. The van der Waals surface area contributed by atoms with Crippen molar-refractivity contribution >= 4 is 5.91 Å². The molecule has 2 nitrogen and oxygen atoms in total. The van der Waals surface area contributed by atoms with Crippen molar-refractivity contribution in [3.05, 3.63) is 35.9 Å². The Hall–Kier alpha value is -1.31. The fourth-order valence-electron chi connectivity index (χ4n) is 3.40. The Bertz CT molecular complexity index is 414. The van der Waals surface area contributed by atoms with Gasteiger partial charge in [-0.3, -0.25) is 4.79 Å². The Morgan fingerprint density at radius 3 is 2.71 bits per heavy atom. The van der Waals surface area contributed by atoms with Crippen LogP contribution < -0.4 is 0 Å². The van der Waals surface area contributed by atoms with Crippen LogP contribution in [-0.4, -0.2) is 17.4 Å². The molecule has 3 unspecified atom stereocenters. The number of benzene rings is 1. The minimum absolute atomic E-state index is 0.231. The summed E-state index contributed by atoms with van der Waals surface area (Å²) in [5.41, 5.74) is 1.25.